The van der Waals surface area contributed by atoms with E-state index in [1.807, 2.05) is 21.6 Å². The van der Waals surface area contributed by atoms with Crippen LogP contribution in [0.5, 0.6) is 0 Å². The lowest BCUT2D eigenvalue weighted by molar-refractivity contribution is 0.0524. The molecule has 0 spiro atoms. The Morgan fingerprint density at radius 1 is 0.288 bits per heavy atom. The average molecular weight is 811 g/mol. The van der Waals surface area contributed by atoms with Crippen LogP contribution in [0.3, 0.4) is 0 Å². The predicted octanol–water partition coefficient (Wildman–Crippen LogP) is 14.5. The van der Waals surface area contributed by atoms with Crippen molar-refractivity contribution in [2.75, 3.05) is 39.6 Å². The first-order chi connectivity index (χ1) is 25.5. The van der Waals surface area contributed by atoms with Crippen molar-refractivity contribution in [3.63, 3.8) is 0 Å². The second-order valence-electron chi connectivity index (χ2n) is 14.6. The maximum Gasteiger partial charge on any atom is 0.515 e. The van der Waals surface area contributed by atoms with Crippen LogP contribution < -0.4 is 0 Å². The Morgan fingerprint density at radius 3 is 0.635 bits per heavy atom. The molecule has 2 atom stereocenters. The van der Waals surface area contributed by atoms with E-state index in [2.05, 4.69) is 55.4 Å². The molecule has 0 fully saturated rings. The lowest BCUT2D eigenvalue weighted by Gasteiger charge is -2.38. The van der Waals surface area contributed by atoms with Gasteiger partial charge < -0.3 is 26.6 Å². The SMILES string of the molecule is CCCCCCO[Si](OCCCCCC)(OCCCCCC)C(CC)SSC(CC)[Si](OCCCCCC)(OCCCCCC)OCCCCCC. The van der Waals surface area contributed by atoms with E-state index in [-0.39, 0.29) is 9.75 Å². The third-order valence-electron chi connectivity index (χ3n) is 9.62. The van der Waals surface area contributed by atoms with Crippen molar-refractivity contribution in [3.05, 3.63) is 0 Å². The fourth-order valence-electron chi connectivity index (χ4n) is 6.16. The summed E-state index contributed by atoms with van der Waals surface area (Å²) in [5, 5.41) is 0. The van der Waals surface area contributed by atoms with Gasteiger partial charge in [-0.05, 0) is 51.4 Å². The van der Waals surface area contributed by atoms with E-state index in [1.165, 1.54) is 116 Å². The molecule has 0 saturated heterocycles. The zero-order chi connectivity index (χ0) is 38.4. The summed E-state index contributed by atoms with van der Waals surface area (Å²) in [6.07, 6.45) is 30.2. The fourth-order valence-corrected chi connectivity index (χ4v) is 18.8. The van der Waals surface area contributed by atoms with E-state index in [0.29, 0.717) is 0 Å². The molecule has 0 radical (unpaired) electrons. The maximum atomic E-state index is 6.98. The number of hydrogen-bond acceptors (Lipinski definition) is 8. The van der Waals surface area contributed by atoms with Gasteiger partial charge in [0.2, 0.25) is 0 Å². The normalized spacial score (nSPS) is 13.6. The zero-order valence-corrected chi connectivity index (χ0v) is 39.7. The highest BCUT2D eigenvalue weighted by Crippen LogP contribution is 2.43. The zero-order valence-electron chi connectivity index (χ0n) is 36.0. The Hall–Kier alpha value is 0.894. The van der Waals surface area contributed by atoms with Gasteiger partial charge >= 0.3 is 17.6 Å². The topological polar surface area (TPSA) is 55.4 Å². The van der Waals surface area contributed by atoms with Crippen LogP contribution in [0.25, 0.3) is 0 Å². The van der Waals surface area contributed by atoms with Crippen molar-refractivity contribution in [1.82, 2.24) is 0 Å². The van der Waals surface area contributed by atoms with Crippen LogP contribution in [0.15, 0.2) is 0 Å². The number of unbranched alkanes of at least 4 members (excludes halogenated alkanes) is 18. The van der Waals surface area contributed by atoms with Crippen LogP contribution in [0.2, 0.25) is 0 Å². The van der Waals surface area contributed by atoms with Gasteiger partial charge in [0.1, 0.15) is 0 Å². The molecule has 0 rings (SSSR count). The Labute approximate surface area is 336 Å². The van der Waals surface area contributed by atoms with Crippen molar-refractivity contribution in [2.45, 2.75) is 232 Å². The van der Waals surface area contributed by atoms with Crippen LogP contribution in [0, 0.1) is 0 Å². The minimum atomic E-state index is -3.03. The van der Waals surface area contributed by atoms with Crippen LogP contribution in [0.4, 0.5) is 0 Å². The van der Waals surface area contributed by atoms with Crippen LogP contribution in [-0.4, -0.2) is 67.0 Å². The van der Waals surface area contributed by atoms with Gasteiger partial charge in [0.15, 0.2) is 0 Å². The maximum absolute atomic E-state index is 6.98. The highest BCUT2D eigenvalue weighted by atomic mass is 33.1. The molecule has 0 amide bonds. The second-order valence-corrected chi connectivity index (χ2v) is 23.7. The molecule has 10 heteroatoms. The van der Waals surface area contributed by atoms with Gasteiger partial charge in [0, 0.05) is 39.6 Å². The van der Waals surface area contributed by atoms with Gasteiger partial charge in [0.25, 0.3) is 0 Å². The lowest BCUT2D eigenvalue weighted by Crippen LogP contribution is -2.57. The average Bonchev–Trinajstić information content (AvgIpc) is 3.15. The van der Waals surface area contributed by atoms with E-state index in [0.717, 1.165) is 91.0 Å². The molecule has 0 aliphatic rings. The molecule has 0 bridgehead atoms. The molecule has 0 aromatic heterocycles. The van der Waals surface area contributed by atoms with E-state index in [1.54, 1.807) is 0 Å². The molecule has 0 N–H and O–H groups in total. The van der Waals surface area contributed by atoms with E-state index < -0.39 is 17.6 Å². The monoisotopic (exact) mass is 811 g/mol. The van der Waals surface area contributed by atoms with E-state index in [9.17, 15) is 0 Å². The van der Waals surface area contributed by atoms with Crippen molar-refractivity contribution < 1.29 is 26.6 Å². The van der Waals surface area contributed by atoms with Crippen LogP contribution in [0.1, 0.15) is 222 Å². The molecule has 0 heterocycles. The summed E-state index contributed by atoms with van der Waals surface area (Å²) in [4.78, 5) is 0.279. The summed E-state index contributed by atoms with van der Waals surface area (Å²) >= 11 is 0. The van der Waals surface area contributed by atoms with Gasteiger partial charge in [0.05, 0.1) is 9.75 Å². The first-order valence-corrected chi connectivity index (χ1v) is 28.5. The molecule has 0 aromatic carbocycles. The van der Waals surface area contributed by atoms with Gasteiger partial charge in [-0.2, -0.15) is 0 Å². The van der Waals surface area contributed by atoms with Gasteiger partial charge in [-0.15, -0.1) is 0 Å². The second kappa shape index (κ2) is 38.8. The molecule has 314 valence electrons. The summed E-state index contributed by atoms with van der Waals surface area (Å²) in [7, 11) is -2.19. The minimum absolute atomic E-state index is 0.139. The molecule has 2 unspecified atom stereocenters. The standard InChI is InChI=1S/C42H90O6S2Si2/c1-9-17-23-29-35-43-51(44-36-30-24-18-10-2,45-37-31-25-19-11-3)41(15-7)49-50-42(16-8)52(46-38-32-26-20-12-4,47-39-33-27-21-13-5)48-40-34-28-22-14-6/h41-42H,9-40H2,1-8H3. The highest BCUT2D eigenvalue weighted by Gasteiger charge is 2.53. The third kappa shape index (κ3) is 25.9. The molecule has 0 aliphatic heterocycles. The minimum Gasteiger partial charge on any atom is -0.373 e. The Morgan fingerprint density at radius 2 is 0.481 bits per heavy atom. The summed E-state index contributed by atoms with van der Waals surface area (Å²) in [5.74, 6) is 0. The fraction of sp³-hybridized carbons (Fsp3) is 1.00. The molecule has 0 saturated carbocycles. The van der Waals surface area contributed by atoms with E-state index >= 15 is 0 Å². The van der Waals surface area contributed by atoms with Gasteiger partial charge in [-0.3, -0.25) is 0 Å². The van der Waals surface area contributed by atoms with Crippen molar-refractivity contribution in [3.8, 4) is 0 Å². The number of rotatable bonds is 43. The molecule has 0 aliphatic carbocycles. The summed E-state index contributed by atoms with van der Waals surface area (Å²) < 4.78 is 41.9. The predicted molar refractivity (Wildman–Crippen MR) is 235 cm³/mol. The highest BCUT2D eigenvalue weighted by molar-refractivity contribution is 8.77. The Kier molecular flexibility index (Phi) is 39.4. The largest absolute Gasteiger partial charge is 0.515 e. The first-order valence-electron chi connectivity index (χ1n) is 22.6. The van der Waals surface area contributed by atoms with E-state index in [4.69, 9.17) is 26.6 Å². The summed E-state index contributed by atoms with van der Waals surface area (Å²) in [6, 6.07) is 0. The first kappa shape index (κ1) is 52.9. The molecule has 6 nitrogen and oxygen atoms in total. The lowest BCUT2D eigenvalue weighted by atomic mass is 10.2. The molecular weight excluding hydrogens is 721 g/mol. The molecule has 0 aromatic rings. The van der Waals surface area contributed by atoms with Crippen molar-refractivity contribution >= 4 is 39.2 Å². The third-order valence-corrected chi connectivity index (χ3v) is 22.1. The van der Waals surface area contributed by atoms with Gasteiger partial charge in [-0.25, -0.2) is 0 Å². The molecule has 52 heavy (non-hydrogen) atoms. The smallest absolute Gasteiger partial charge is 0.373 e. The van der Waals surface area contributed by atoms with Crippen LogP contribution >= 0.6 is 21.6 Å². The van der Waals surface area contributed by atoms with Gasteiger partial charge in [-0.1, -0.05) is 193 Å². The summed E-state index contributed by atoms with van der Waals surface area (Å²) in [5.41, 5.74) is 0. The van der Waals surface area contributed by atoms with Crippen molar-refractivity contribution in [1.29, 1.82) is 0 Å². The van der Waals surface area contributed by atoms with Crippen LogP contribution in [-0.2, 0) is 26.6 Å². The van der Waals surface area contributed by atoms with Crippen molar-refractivity contribution in [2.24, 2.45) is 0 Å². The number of hydrogen-bond donors (Lipinski definition) is 0. The Balaban J connectivity index is 6.41. The Bertz CT molecular complexity index is 596. The summed E-state index contributed by atoms with van der Waals surface area (Å²) in [6.45, 7) is 22.5. The molecular formula is C42H90O6S2Si2. The quantitative estimate of drug-likeness (QED) is 0.0343.